The van der Waals surface area contributed by atoms with E-state index in [1.165, 1.54) is 21.9 Å². The number of nitrogens with zero attached hydrogens (tertiary/aromatic N) is 1. The van der Waals surface area contributed by atoms with Crippen LogP contribution in [0.5, 0.6) is 5.75 Å². The van der Waals surface area contributed by atoms with E-state index in [-0.39, 0.29) is 5.41 Å². The Kier molecular flexibility index (Phi) is 6.09. The number of hydrogen-bond acceptors (Lipinski definition) is 2. The Morgan fingerprint density at radius 2 is 1.71 bits per heavy atom. The van der Waals surface area contributed by atoms with Crippen molar-refractivity contribution in [2.75, 3.05) is 11.4 Å². The first-order valence-corrected chi connectivity index (χ1v) is 14.0. The maximum absolute atomic E-state index is 7.18. The molecule has 4 aromatic carbocycles. The summed E-state index contributed by atoms with van der Waals surface area (Å²) in [4.78, 5) is 2.36. The van der Waals surface area contributed by atoms with Gasteiger partial charge in [-0.15, -0.1) is 0 Å². The predicted octanol–water partition coefficient (Wildman–Crippen LogP) is 10.2. The van der Waals surface area contributed by atoms with Gasteiger partial charge >= 0.3 is 0 Å². The molecule has 0 amide bonds. The Morgan fingerprint density at radius 3 is 2.45 bits per heavy atom. The van der Waals surface area contributed by atoms with E-state index in [1.54, 1.807) is 0 Å². The fourth-order valence-electron chi connectivity index (χ4n) is 6.30. The van der Waals surface area contributed by atoms with Crippen LogP contribution in [-0.4, -0.2) is 12.3 Å². The number of anilines is 1. The van der Waals surface area contributed by atoms with E-state index in [4.69, 9.17) is 27.9 Å². The summed E-state index contributed by atoms with van der Waals surface area (Å²) in [6.07, 6.45) is 9.76. The van der Waals surface area contributed by atoms with Crippen molar-refractivity contribution in [2.24, 2.45) is 0 Å². The molecule has 6 rings (SSSR count). The monoisotopic (exact) mass is 539 g/mol. The van der Waals surface area contributed by atoms with Gasteiger partial charge < -0.3 is 9.64 Å². The van der Waals surface area contributed by atoms with Crippen molar-refractivity contribution in [3.8, 4) is 16.9 Å². The Balaban J connectivity index is 1.59. The lowest BCUT2D eigenvalue weighted by Crippen LogP contribution is -2.59. The number of hydrogen-bond donors (Lipinski definition) is 0. The zero-order chi connectivity index (χ0) is 26.7. The van der Waals surface area contributed by atoms with E-state index in [0.29, 0.717) is 10.0 Å². The lowest BCUT2D eigenvalue weighted by molar-refractivity contribution is 0.0537. The Hall–Kier alpha value is -3.20. The average molecular weight is 541 g/mol. The van der Waals surface area contributed by atoms with Crippen molar-refractivity contribution in [2.45, 2.75) is 45.3 Å². The number of allylic oxidation sites excluding steroid dienone is 1. The van der Waals surface area contributed by atoms with Crippen molar-refractivity contribution < 1.29 is 4.74 Å². The van der Waals surface area contributed by atoms with Gasteiger partial charge in [-0.1, -0.05) is 90.8 Å². The summed E-state index contributed by atoms with van der Waals surface area (Å²) in [6, 6.07) is 23.4. The van der Waals surface area contributed by atoms with Crippen LogP contribution in [0.3, 0.4) is 0 Å². The molecule has 4 heteroatoms. The summed E-state index contributed by atoms with van der Waals surface area (Å²) in [5.74, 6) is 0.887. The van der Waals surface area contributed by atoms with E-state index in [2.05, 4.69) is 111 Å². The van der Waals surface area contributed by atoms with Crippen molar-refractivity contribution in [1.29, 1.82) is 0 Å². The van der Waals surface area contributed by atoms with E-state index in [9.17, 15) is 0 Å². The average Bonchev–Trinajstić information content (AvgIpc) is 3.07. The summed E-state index contributed by atoms with van der Waals surface area (Å²) in [6.45, 7) is 9.57. The first-order valence-electron chi connectivity index (χ1n) is 13.3. The highest BCUT2D eigenvalue weighted by molar-refractivity contribution is 6.42. The van der Waals surface area contributed by atoms with E-state index < -0.39 is 5.72 Å². The molecule has 4 aromatic rings. The van der Waals surface area contributed by atoms with Crippen molar-refractivity contribution >= 4 is 51.8 Å². The van der Waals surface area contributed by atoms with E-state index in [1.807, 2.05) is 12.1 Å². The summed E-state index contributed by atoms with van der Waals surface area (Å²) in [5, 5.41) is 3.55. The van der Waals surface area contributed by atoms with Gasteiger partial charge in [0.1, 0.15) is 5.75 Å². The van der Waals surface area contributed by atoms with Crippen LogP contribution < -0.4 is 9.64 Å². The molecule has 0 aromatic heterocycles. The zero-order valence-electron chi connectivity index (χ0n) is 22.2. The van der Waals surface area contributed by atoms with Crippen LogP contribution in [-0.2, 0) is 5.41 Å². The molecule has 0 N–H and O–H groups in total. The largest absolute Gasteiger partial charge is 0.463 e. The van der Waals surface area contributed by atoms with Crippen molar-refractivity contribution in [3.63, 3.8) is 0 Å². The molecule has 2 aliphatic rings. The molecular formula is C34H31Cl2NO. The van der Waals surface area contributed by atoms with Gasteiger partial charge in [0.15, 0.2) is 0 Å². The highest BCUT2D eigenvalue weighted by Crippen LogP contribution is 2.57. The molecule has 192 valence electrons. The first-order chi connectivity index (χ1) is 18.3. The van der Waals surface area contributed by atoms with Gasteiger partial charge in [0.25, 0.3) is 0 Å². The second-order valence-corrected chi connectivity index (χ2v) is 11.5. The minimum Gasteiger partial charge on any atom is -0.463 e. The smallest absolute Gasteiger partial charge is 0.212 e. The molecule has 1 spiro atoms. The third kappa shape index (κ3) is 3.54. The van der Waals surface area contributed by atoms with Gasteiger partial charge in [0.05, 0.1) is 15.5 Å². The van der Waals surface area contributed by atoms with E-state index >= 15 is 0 Å². The number of ether oxygens (including phenoxy) is 1. The summed E-state index contributed by atoms with van der Waals surface area (Å²) in [7, 11) is 0. The Morgan fingerprint density at radius 1 is 0.947 bits per heavy atom. The molecule has 38 heavy (non-hydrogen) atoms. The maximum atomic E-state index is 7.18. The third-order valence-electron chi connectivity index (χ3n) is 8.11. The first kappa shape index (κ1) is 25.1. The van der Waals surface area contributed by atoms with Gasteiger partial charge in [0, 0.05) is 17.8 Å². The number of halogens is 2. The van der Waals surface area contributed by atoms with Gasteiger partial charge in [0.2, 0.25) is 5.72 Å². The molecule has 2 aliphatic heterocycles. The molecule has 1 atom stereocenters. The Labute approximate surface area is 235 Å². The van der Waals surface area contributed by atoms with E-state index in [0.717, 1.165) is 41.1 Å². The van der Waals surface area contributed by atoms with Crippen molar-refractivity contribution in [3.05, 3.63) is 106 Å². The highest BCUT2D eigenvalue weighted by Gasteiger charge is 2.59. The summed E-state index contributed by atoms with van der Waals surface area (Å²) < 4.78 is 7.18. The molecule has 0 radical (unpaired) electrons. The number of fused-ring (bicyclic) bond motifs is 4. The second kappa shape index (κ2) is 9.22. The van der Waals surface area contributed by atoms with Crippen LogP contribution in [0.4, 0.5) is 5.69 Å². The van der Waals surface area contributed by atoms with Crippen molar-refractivity contribution in [1.82, 2.24) is 0 Å². The van der Waals surface area contributed by atoms with Gasteiger partial charge in [-0.2, -0.15) is 0 Å². The van der Waals surface area contributed by atoms with Gasteiger partial charge in [-0.05, 0) is 90.6 Å². The molecule has 1 unspecified atom stereocenters. The molecule has 2 nitrogen and oxygen atoms in total. The fraction of sp³-hybridized carbons (Fsp3) is 0.235. The number of rotatable bonds is 4. The zero-order valence-corrected chi connectivity index (χ0v) is 23.7. The van der Waals surface area contributed by atoms with Crippen LogP contribution in [0.2, 0.25) is 10.0 Å². The predicted molar refractivity (Wildman–Crippen MR) is 164 cm³/mol. The van der Waals surface area contributed by atoms with Crippen LogP contribution >= 0.6 is 23.2 Å². The quantitative estimate of drug-likeness (QED) is 0.255. The normalized spacial score (nSPS) is 19.3. The lowest BCUT2D eigenvalue weighted by Gasteiger charge is -2.47. The lowest BCUT2D eigenvalue weighted by atomic mass is 9.76. The molecule has 2 heterocycles. The highest BCUT2D eigenvalue weighted by atomic mass is 35.5. The SMILES string of the molecule is CC=Cc1cc2c(c3cccc(-c4ccccc4)c13)C=CC1(O2)N(CCC)c2cc(Cl)c(Cl)cc2C1(C)C. The topological polar surface area (TPSA) is 12.5 Å². The minimum atomic E-state index is -0.704. The maximum Gasteiger partial charge on any atom is 0.212 e. The van der Waals surface area contributed by atoms with Gasteiger partial charge in [-0.3, -0.25) is 0 Å². The standard InChI is InChI=1S/C34H31Cl2NO/c1-5-11-23-19-31-25(26-15-10-14-24(32(23)26)22-12-8-7-9-13-22)16-17-34(38-31)33(3,4)27-20-28(35)29(36)21-30(27)37(34)18-6-2/h5,7-17,19-21H,6,18H2,1-4H3. The van der Waals surface area contributed by atoms with Crippen LogP contribution in [0.25, 0.3) is 34.1 Å². The summed E-state index contributed by atoms with van der Waals surface area (Å²) >= 11 is 13.0. The second-order valence-electron chi connectivity index (χ2n) is 10.7. The minimum absolute atomic E-state index is 0.373. The molecule has 0 aliphatic carbocycles. The Bertz CT molecular complexity index is 1620. The number of benzene rings is 4. The third-order valence-corrected chi connectivity index (χ3v) is 8.84. The molecule has 0 bridgehead atoms. The molecule has 0 fully saturated rings. The molecule has 0 saturated carbocycles. The van der Waals surface area contributed by atoms with Crippen LogP contribution in [0.15, 0.2) is 78.9 Å². The van der Waals surface area contributed by atoms with Gasteiger partial charge in [-0.25, -0.2) is 0 Å². The fourth-order valence-corrected chi connectivity index (χ4v) is 6.62. The van der Waals surface area contributed by atoms with Crippen LogP contribution in [0, 0.1) is 0 Å². The summed E-state index contributed by atoms with van der Waals surface area (Å²) in [5.41, 5.74) is 5.83. The molecule has 0 saturated heterocycles. The van der Waals surface area contributed by atoms with Crippen LogP contribution in [0.1, 0.15) is 50.8 Å². The molecular weight excluding hydrogens is 509 g/mol.